The lowest BCUT2D eigenvalue weighted by Gasteiger charge is -2.30. The van der Waals surface area contributed by atoms with Crippen molar-refractivity contribution in [2.75, 3.05) is 19.3 Å². The van der Waals surface area contributed by atoms with E-state index in [2.05, 4.69) is 5.32 Å². The quantitative estimate of drug-likeness (QED) is 0.802. The minimum absolute atomic E-state index is 0.0811. The molecular weight excluding hydrogens is 388 g/mol. The standard InChI is InChI=1S/C19H27ClN2O4S/c1-27(24,25)22-11-9-16(10-12-22)26-18-8-7-14(13-17(18)20)19(23)21-15-5-3-2-4-6-15/h7-8,13,15-16H,2-6,9-12H2,1H3,(H,21,23). The zero-order valence-electron chi connectivity index (χ0n) is 15.6. The maximum Gasteiger partial charge on any atom is 0.251 e. The van der Waals surface area contributed by atoms with Crippen molar-refractivity contribution in [1.29, 1.82) is 0 Å². The van der Waals surface area contributed by atoms with Crippen LogP contribution in [0.5, 0.6) is 5.75 Å². The maximum atomic E-state index is 12.4. The molecule has 2 fully saturated rings. The lowest BCUT2D eigenvalue weighted by atomic mass is 9.95. The summed E-state index contributed by atoms with van der Waals surface area (Å²) in [7, 11) is -3.15. The van der Waals surface area contributed by atoms with Crippen molar-refractivity contribution in [2.45, 2.75) is 57.1 Å². The van der Waals surface area contributed by atoms with Gasteiger partial charge in [-0.25, -0.2) is 12.7 Å². The maximum absolute atomic E-state index is 12.4. The van der Waals surface area contributed by atoms with E-state index in [9.17, 15) is 13.2 Å². The van der Waals surface area contributed by atoms with E-state index in [1.165, 1.54) is 17.0 Å². The molecule has 1 aliphatic heterocycles. The molecule has 3 rings (SSSR count). The molecule has 1 aliphatic carbocycles. The van der Waals surface area contributed by atoms with Gasteiger partial charge in [0.2, 0.25) is 10.0 Å². The first-order valence-corrected chi connectivity index (χ1v) is 11.8. The summed E-state index contributed by atoms with van der Waals surface area (Å²) in [6.45, 7) is 0.895. The van der Waals surface area contributed by atoms with Gasteiger partial charge in [-0.15, -0.1) is 0 Å². The average Bonchev–Trinajstić information content (AvgIpc) is 2.64. The van der Waals surface area contributed by atoms with Crippen LogP contribution in [0.4, 0.5) is 0 Å². The Morgan fingerprint density at radius 1 is 1.15 bits per heavy atom. The summed E-state index contributed by atoms with van der Waals surface area (Å²) in [4.78, 5) is 12.4. The lowest BCUT2D eigenvalue weighted by molar-refractivity contribution is 0.0927. The van der Waals surface area contributed by atoms with Gasteiger partial charge in [-0.05, 0) is 43.9 Å². The van der Waals surface area contributed by atoms with E-state index in [1.54, 1.807) is 18.2 Å². The van der Waals surface area contributed by atoms with E-state index in [0.717, 1.165) is 25.7 Å². The summed E-state index contributed by atoms with van der Waals surface area (Å²) in [5.74, 6) is 0.431. The summed E-state index contributed by atoms with van der Waals surface area (Å²) >= 11 is 6.33. The second-order valence-corrected chi connectivity index (χ2v) is 9.82. The second kappa shape index (κ2) is 8.80. The van der Waals surface area contributed by atoms with Crippen LogP contribution in [0.15, 0.2) is 18.2 Å². The molecule has 0 unspecified atom stereocenters. The molecule has 1 aromatic carbocycles. The van der Waals surface area contributed by atoms with Gasteiger partial charge >= 0.3 is 0 Å². The van der Waals surface area contributed by atoms with E-state index >= 15 is 0 Å². The Kier molecular flexibility index (Phi) is 6.65. The number of ether oxygens (including phenoxy) is 1. The fourth-order valence-corrected chi connectivity index (χ4v) is 4.81. The van der Waals surface area contributed by atoms with Crippen LogP contribution in [0.1, 0.15) is 55.3 Å². The predicted octanol–water partition coefficient (Wildman–Crippen LogP) is 3.21. The molecule has 0 radical (unpaired) electrons. The average molecular weight is 415 g/mol. The van der Waals surface area contributed by atoms with Gasteiger partial charge in [-0.2, -0.15) is 0 Å². The number of hydrogen-bond donors (Lipinski definition) is 1. The highest BCUT2D eigenvalue weighted by Gasteiger charge is 2.26. The van der Waals surface area contributed by atoms with E-state index in [-0.39, 0.29) is 18.1 Å². The number of rotatable bonds is 5. The highest BCUT2D eigenvalue weighted by atomic mass is 35.5. The fraction of sp³-hybridized carbons (Fsp3) is 0.632. The molecule has 0 bridgehead atoms. The minimum Gasteiger partial charge on any atom is -0.489 e. The molecule has 1 aromatic rings. The van der Waals surface area contributed by atoms with Crippen molar-refractivity contribution in [1.82, 2.24) is 9.62 Å². The monoisotopic (exact) mass is 414 g/mol. The summed E-state index contributed by atoms with van der Waals surface area (Å²) in [6.07, 6.45) is 8.02. The highest BCUT2D eigenvalue weighted by Crippen LogP contribution is 2.29. The Balaban J connectivity index is 1.56. The molecule has 1 amide bonds. The molecule has 6 nitrogen and oxygen atoms in total. The van der Waals surface area contributed by atoms with Gasteiger partial charge in [-0.3, -0.25) is 4.79 Å². The Bertz CT molecular complexity index is 770. The van der Waals surface area contributed by atoms with Crippen molar-refractivity contribution in [3.8, 4) is 5.75 Å². The molecule has 150 valence electrons. The third kappa shape index (κ3) is 5.59. The van der Waals surface area contributed by atoms with Gasteiger partial charge in [0.05, 0.1) is 11.3 Å². The number of hydrogen-bond acceptors (Lipinski definition) is 4. The largest absolute Gasteiger partial charge is 0.489 e. The SMILES string of the molecule is CS(=O)(=O)N1CCC(Oc2ccc(C(=O)NC3CCCCC3)cc2Cl)CC1. The van der Waals surface area contributed by atoms with E-state index in [4.69, 9.17) is 16.3 Å². The molecule has 2 aliphatic rings. The van der Waals surface area contributed by atoms with Gasteiger partial charge in [0.15, 0.2) is 0 Å². The van der Waals surface area contributed by atoms with Crippen molar-refractivity contribution in [3.05, 3.63) is 28.8 Å². The number of nitrogens with zero attached hydrogens (tertiary/aromatic N) is 1. The molecule has 0 aromatic heterocycles. The van der Waals surface area contributed by atoms with Crippen LogP contribution >= 0.6 is 11.6 Å². The summed E-state index contributed by atoms with van der Waals surface area (Å²) in [5.41, 5.74) is 0.532. The highest BCUT2D eigenvalue weighted by molar-refractivity contribution is 7.88. The normalized spacial score (nSPS) is 20.4. The van der Waals surface area contributed by atoms with Crippen molar-refractivity contribution in [2.24, 2.45) is 0 Å². The molecule has 0 atom stereocenters. The molecule has 1 N–H and O–H groups in total. The Labute approximate surface area is 166 Å². The Hall–Kier alpha value is -1.31. The third-order valence-electron chi connectivity index (χ3n) is 5.30. The van der Waals surface area contributed by atoms with Gasteiger partial charge < -0.3 is 10.1 Å². The predicted molar refractivity (Wildman–Crippen MR) is 106 cm³/mol. The zero-order valence-corrected chi connectivity index (χ0v) is 17.2. The number of benzene rings is 1. The number of amides is 1. The van der Waals surface area contributed by atoms with E-state index < -0.39 is 10.0 Å². The number of nitrogens with one attached hydrogen (secondary N) is 1. The summed E-state index contributed by atoms with van der Waals surface area (Å²) in [6, 6.07) is 5.34. The van der Waals surface area contributed by atoms with Crippen LogP contribution in [0.2, 0.25) is 5.02 Å². The second-order valence-electron chi connectivity index (χ2n) is 7.43. The van der Waals surface area contributed by atoms with Gasteiger partial charge in [-0.1, -0.05) is 30.9 Å². The van der Waals surface area contributed by atoms with Gasteiger partial charge in [0, 0.05) is 24.7 Å². The topological polar surface area (TPSA) is 75.7 Å². The summed E-state index contributed by atoms with van der Waals surface area (Å²) < 4.78 is 30.6. The van der Waals surface area contributed by atoms with Gasteiger partial charge in [0.25, 0.3) is 5.91 Å². The number of halogens is 1. The van der Waals surface area contributed by atoms with Crippen LogP contribution in [-0.2, 0) is 10.0 Å². The zero-order chi connectivity index (χ0) is 19.4. The molecule has 1 heterocycles. The number of piperidine rings is 1. The first kappa shape index (κ1) is 20.4. The smallest absolute Gasteiger partial charge is 0.251 e. The van der Waals surface area contributed by atoms with E-state index in [0.29, 0.717) is 42.3 Å². The molecule has 8 heteroatoms. The summed E-state index contributed by atoms with van der Waals surface area (Å²) in [5, 5.41) is 3.48. The Morgan fingerprint density at radius 2 is 1.81 bits per heavy atom. The molecule has 0 spiro atoms. The van der Waals surface area contributed by atoms with Crippen LogP contribution in [0.25, 0.3) is 0 Å². The van der Waals surface area contributed by atoms with Crippen LogP contribution < -0.4 is 10.1 Å². The molecule has 1 saturated heterocycles. The lowest BCUT2D eigenvalue weighted by Crippen LogP contribution is -2.41. The first-order chi connectivity index (χ1) is 12.8. The fourth-order valence-electron chi connectivity index (χ4n) is 3.71. The van der Waals surface area contributed by atoms with Gasteiger partial charge in [0.1, 0.15) is 11.9 Å². The van der Waals surface area contributed by atoms with Crippen molar-refractivity contribution in [3.63, 3.8) is 0 Å². The van der Waals surface area contributed by atoms with E-state index in [1.807, 2.05) is 0 Å². The van der Waals surface area contributed by atoms with Crippen LogP contribution in [-0.4, -0.2) is 50.1 Å². The third-order valence-corrected chi connectivity index (χ3v) is 6.90. The molecule has 1 saturated carbocycles. The molecule has 27 heavy (non-hydrogen) atoms. The van der Waals surface area contributed by atoms with Crippen LogP contribution in [0.3, 0.4) is 0 Å². The minimum atomic E-state index is -3.15. The number of carbonyl (C=O) groups excluding carboxylic acids is 1. The Morgan fingerprint density at radius 3 is 2.41 bits per heavy atom. The first-order valence-electron chi connectivity index (χ1n) is 9.55. The van der Waals surface area contributed by atoms with Crippen molar-refractivity contribution >= 4 is 27.5 Å². The van der Waals surface area contributed by atoms with Crippen LogP contribution in [0, 0.1) is 0 Å². The molecular formula is C19H27ClN2O4S. The number of sulfonamides is 1. The number of carbonyl (C=O) groups is 1. The van der Waals surface area contributed by atoms with Crippen molar-refractivity contribution < 1.29 is 17.9 Å².